The summed E-state index contributed by atoms with van der Waals surface area (Å²) < 4.78 is 12.4. The van der Waals surface area contributed by atoms with Gasteiger partial charge in [0.25, 0.3) is 0 Å². The Balaban J connectivity index is 1.70. The maximum Gasteiger partial charge on any atom is 0.341 e. The summed E-state index contributed by atoms with van der Waals surface area (Å²) in [7, 11) is 0. The number of aromatic nitrogens is 3. The molecule has 1 aliphatic rings. The van der Waals surface area contributed by atoms with E-state index in [0.29, 0.717) is 24.2 Å². The van der Waals surface area contributed by atoms with Crippen LogP contribution in [0.1, 0.15) is 45.0 Å². The molecule has 1 saturated carbocycles. The molecule has 140 valence electrons. The highest BCUT2D eigenvalue weighted by atomic mass is 35.5. The van der Waals surface area contributed by atoms with Crippen LogP contribution in [0.5, 0.6) is 5.88 Å². The molecule has 0 spiro atoms. The van der Waals surface area contributed by atoms with E-state index in [-0.39, 0.29) is 28.2 Å². The number of ether oxygens (including phenoxy) is 2. The highest BCUT2D eigenvalue weighted by Crippen LogP contribution is 2.68. The van der Waals surface area contributed by atoms with Crippen molar-refractivity contribution >= 4 is 17.6 Å². The minimum absolute atomic E-state index is 0.0833. The Morgan fingerprint density at radius 3 is 2.58 bits per heavy atom. The van der Waals surface area contributed by atoms with Crippen LogP contribution < -0.4 is 4.74 Å². The van der Waals surface area contributed by atoms with Crippen LogP contribution in [0, 0.1) is 16.7 Å². The maximum atomic E-state index is 11.8. The van der Waals surface area contributed by atoms with Crippen molar-refractivity contribution in [2.24, 2.45) is 16.7 Å². The van der Waals surface area contributed by atoms with Gasteiger partial charge in [0.2, 0.25) is 5.88 Å². The van der Waals surface area contributed by atoms with E-state index in [2.05, 4.69) is 37.8 Å². The van der Waals surface area contributed by atoms with Gasteiger partial charge >= 0.3 is 5.97 Å². The van der Waals surface area contributed by atoms with E-state index in [1.54, 1.807) is 36.0 Å². The number of carbonyl (C=O) groups is 1. The van der Waals surface area contributed by atoms with Crippen LogP contribution in [0.4, 0.5) is 0 Å². The van der Waals surface area contributed by atoms with Gasteiger partial charge < -0.3 is 9.47 Å². The Kier molecular flexibility index (Phi) is 4.73. The van der Waals surface area contributed by atoms with Crippen LogP contribution in [0.15, 0.2) is 24.4 Å². The molecule has 0 bridgehead atoms. The molecule has 6 nitrogen and oxygen atoms in total. The number of halogens is 1. The molecule has 7 heteroatoms. The maximum absolute atomic E-state index is 11.8. The summed E-state index contributed by atoms with van der Waals surface area (Å²) in [5.74, 6) is 1.15. The van der Waals surface area contributed by atoms with Crippen LogP contribution in [-0.2, 0) is 4.74 Å². The molecule has 0 amide bonds. The zero-order valence-corrected chi connectivity index (χ0v) is 16.5. The Labute approximate surface area is 158 Å². The molecule has 0 radical (unpaired) electrons. The minimum Gasteiger partial charge on any atom is -0.476 e. The molecule has 1 fully saturated rings. The summed E-state index contributed by atoms with van der Waals surface area (Å²) in [5.41, 5.74) is 0.659. The first-order chi connectivity index (χ1) is 12.2. The third kappa shape index (κ3) is 3.07. The largest absolute Gasteiger partial charge is 0.476 e. The van der Waals surface area contributed by atoms with Crippen molar-refractivity contribution in [2.45, 2.75) is 34.6 Å². The Morgan fingerprint density at radius 2 is 2.00 bits per heavy atom. The van der Waals surface area contributed by atoms with E-state index in [0.717, 1.165) is 0 Å². The van der Waals surface area contributed by atoms with Gasteiger partial charge in [-0.25, -0.2) is 14.5 Å². The summed E-state index contributed by atoms with van der Waals surface area (Å²) in [5, 5.41) is 4.48. The molecular formula is C19H24ClN3O3. The van der Waals surface area contributed by atoms with E-state index in [9.17, 15) is 4.79 Å². The van der Waals surface area contributed by atoms with Crippen molar-refractivity contribution in [3.8, 4) is 11.7 Å². The first kappa shape index (κ1) is 18.7. The first-order valence-corrected chi connectivity index (χ1v) is 9.11. The van der Waals surface area contributed by atoms with Crippen LogP contribution in [-0.4, -0.2) is 33.9 Å². The van der Waals surface area contributed by atoms with Crippen molar-refractivity contribution in [3.63, 3.8) is 0 Å². The van der Waals surface area contributed by atoms with Gasteiger partial charge in [0, 0.05) is 17.7 Å². The van der Waals surface area contributed by atoms with Gasteiger partial charge in [-0.3, -0.25) is 0 Å². The molecule has 0 N–H and O–H groups in total. The van der Waals surface area contributed by atoms with Crippen LogP contribution >= 0.6 is 11.6 Å². The van der Waals surface area contributed by atoms with Crippen molar-refractivity contribution in [3.05, 3.63) is 35.1 Å². The van der Waals surface area contributed by atoms with Gasteiger partial charge in [0.05, 0.1) is 18.8 Å². The molecule has 2 atom stereocenters. The van der Waals surface area contributed by atoms with Crippen LogP contribution in [0.2, 0.25) is 5.15 Å². The summed E-state index contributed by atoms with van der Waals surface area (Å²) in [6, 6.07) is 5.04. The zero-order chi connectivity index (χ0) is 19.1. The Hall–Kier alpha value is -2.08. The minimum atomic E-state index is -0.490. The highest BCUT2D eigenvalue weighted by molar-refractivity contribution is 6.32. The third-order valence-electron chi connectivity index (χ3n) is 6.08. The second-order valence-electron chi connectivity index (χ2n) is 7.48. The number of carbonyl (C=O) groups excluding carboxylic acids is 1. The van der Waals surface area contributed by atoms with Crippen molar-refractivity contribution in [2.75, 3.05) is 13.2 Å². The second-order valence-corrected chi connectivity index (χ2v) is 7.83. The Morgan fingerprint density at radius 1 is 1.31 bits per heavy atom. The molecule has 0 aliphatic heterocycles. The summed E-state index contributed by atoms with van der Waals surface area (Å²) >= 11 is 6.11. The van der Waals surface area contributed by atoms with Gasteiger partial charge in [0.15, 0.2) is 5.82 Å². The lowest BCUT2D eigenvalue weighted by atomic mass is 9.99. The summed E-state index contributed by atoms with van der Waals surface area (Å²) in [4.78, 5) is 16.0. The van der Waals surface area contributed by atoms with Crippen molar-refractivity contribution < 1.29 is 14.3 Å². The lowest BCUT2D eigenvalue weighted by Crippen LogP contribution is -2.15. The first-order valence-electron chi connectivity index (χ1n) is 8.73. The number of nitrogens with zero attached hydrogens (tertiary/aromatic N) is 3. The second kappa shape index (κ2) is 6.58. The molecule has 2 aromatic heterocycles. The lowest BCUT2D eigenvalue weighted by Gasteiger charge is -2.14. The molecular weight excluding hydrogens is 354 g/mol. The quantitative estimate of drug-likeness (QED) is 0.558. The molecule has 26 heavy (non-hydrogen) atoms. The number of pyridine rings is 1. The monoisotopic (exact) mass is 377 g/mol. The van der Waals surface area contributed by atoms with Gasteiger partial charge in [-0.2, -0.15) is 0 Å². The highest BCUT2D eigenvalue weighted by Gasteiger charge is 2.65. The van der Waals surface area contributed by atoms with Crippen molar-refractivity contribution in [1.29, 1.82) is 0 Å². The third-order valence-corrected chi connectivity index (χ3v) is 6.36. The number of hydrogen-bond acceptors (Lipinski definition) is 5. The topological polar surface area (TPSA) is 66.2 Å². The van der Waals surface area contributed by atoms with Gasteiger partial charge in [0.1, 0.15) is 5.15 Å². The zero-order valence-electron chi connectivity index (χ0n) is 15.7. The molecule has 3 rings (SSSR count). The molecule has 2 aromatic rings. The Bertz CT molecular complexity index is 833. The van der Waals surface area contributed by atoms with E-state index in [1.165, 1.54) is 0 Å². The van der Waals surface area contributed by atoms with E-state index < -0.39 is 5.97 Å². The molecule has 0 aromatic carbocycles. The molecule has 0 saturated heterocycles. The summed E-state index contributed by atoms with van der Waals surface area (Å²) in [6.45, 7) is 11.7. The SMILES string of the molecule is CCOC(=O)c1ccc(-n2ccc(OCC3(C)C(C)C3(C)C)n2)nc1Cl. The predicted molar refractivity (Wildman–Crippen MR) is 98.9 cm³/mol. The molecule has 2 heterocycles. The van der Waals surface area contributed by atoms with Crippen molar-refractivity contribution in [1.82, 2.24) is 14.8 Å². The fourth-order valence-corrected chi connectivity index (χ4v) is 3.57. The van der Waals surface area contributed by atoms with Gasteiger partial charge in [-0.15, -0.1) is 5.10 Å². The number of rotatable bonds is 6. The van der Waals surface area contributed by atoms with Crippen LogP contribution in [0.3, 0.4) is 0 Å². The van der Waals surface area contributed by atoms with Crippen LogP contribution in [0.25, 0.3) is 5.82 Å². The van der Waals surface area contributed by atoms with E-state index in [4.69, 9.17) is 21.1 Å². The van der Waals surface area contributed by atoms with Gasteiger partial charge in [-0.1, -0.05) is 39.3 Å². The molecule has 2 unspecified atom stereocenters. The smallest absolute Gasteiger partial charge is 0.341 e. The average Bonchev–Trinajstić information content (AvgIpc) is 2.97. The van der Waals surface area contributed by atoms with Gasteiger partial charge in [-0.05, 0) is 30.4 Å². The summed E-state index contributed by atoms with van der Waals surface area (Å²) in [6.07, 6.45) is 1.75. The molecule has 1 aliphatic carbocycles. The normalized spacial score (nSPS) is 23.5. The number of hydrogen-bond donors (Lipinski definition) is 0. The fraction of sp³-hybridized carbons (Fsp3) is 0.526. The predicted octanol–water partition coefficient (Wildman–Crippen LogP) is 4.16. The average molecular weight is 378 g/mol. The van der Waals surface area contributed by atoms with E-state index >= 15 is 0 Å². The standard InChI is InChI=1S/C19H24ClN3O3/c1-6-25-17(24)13-7-8-14(21-16(13)20)23-10-9-15(22-23)26-11-19(5)12(2)18(19,3)4/h7-10,12H,6,11H2,1-5H3. The fourth-order valence-electron chi connectivity index (χ4n) is 3.34. The lowest BCUT2D eigenvalue weighted by molar-refractivity contribution is 0.0526. The number of esters is 1. The van der Waals surface area contributed by atoms with E-state index in [1.807, 2.05) is 0 Å².